The Balaban J connectivity index is 1.55. The summed E-state index contributed by atoms with van der Waals surface area (Å²) in [5.41, 5.74) is 2.84. The first-order chi connectivity index (χ1) is 13.0. The van der Waals surface area contributed by atoms with Gasteiger partial charge in [0.2, 0.25) is 5.91 Å². The summed E-state index contributed by atoms with van der Waals surface area (Å²) < 4.78 is 0.966. The van der Waals surface area contributed by atoms with Crippen molar-refractivity contribution < 1.29 is 9.59 Å². The molecular formula is C20H17BrN4O2. The molecule has 0 aliphatic heterocycles. The molecule has 7 heteroatoms. The van der Waals surface area contributed by atoms with Gasteiger partial charge in [-0.05, 0) is 30.7 Å². The van der Waals surface area contributed by atoms with Gasteiger partial charge in [-0.2, -0.15) is 0 Å². The maximum absolute atomic E-state index is 12.2. The number of nitrogens with one attached hydrogen (secondary N) is 2. The molecule has 0 unspecified atom stereocenters. The van der Waals surface area contributed by atoms with E-state index >= 15 is 0 Å². The number of aromatic nitrogens is 2. The van der Waals surface area contributed by atoms with E-state index < -0.39 is 5.91 Å². The van der Waals surface area contributed by atoms with Gasteiger partial charge in [-0.1, -0.05) is 46.3 Å². The van der Waals surface area contributed by atoms with E-state index in [1.807, 2.05) is 49.4 Å². The lowest BCUT2D eigenvalue weighted by molar-refractivity contribution is -0.115. The lowest BCUT2D eigenvalue weighted by Crippen LogP contribution is -2.33. The van der Waals surface area contributed by atoms with Crippen molar-refractivity contribution in [2.45, 2.75) is 6.92 Å². The number of amides is 2. The molecule has 0 atom stereocenters. The second kappa shape index (κ2) is 8.55. The summed E-state index contributed by atoms with van der Waals surface area (Å²) in [6.07, 6.45) is 2.89. The molecule has 2 N–H and O–H groups in total. The third-order valence-electron chi connectivity index (χ3n) is 3.80. The van der Waals surface area contributed by atoms with Crippen molar-refractivity contribution in [1.82, 2.24) is 15.3 Å². The molecule has 0 saturated carbocycles. The van der Waals surface area contributed by atoms with Crippen molar-refractivity contribution >= 4 is 33.4 Å². The lowest BCUT2D eigenvalue weighted by Gasteiger charge is -2.08. The summed E-state index contributed by atoms with van der Waals surface area (Å²) in [4.78, 5) is 32.6. The van der Waals surface area contributed by atoms with E-state index in [4.69, 9.17) is 0 Å². The van der Waals surface area contributed by atoms with Gasteiger partial charge in [0.25, 0.3) is 5.91 Å². The summed E-state index contributed by atoms with van der Waals surface area (Å²) >= 11 is 3.41. The van der Waals surface area contributed by atoms with Crippen molar-refractivity contribution in [3.8, 4) is 11.4 Å². The smallest absolute Gasteiger partial charge is 0.254 e. The third kappa shape index (κ3) is 4.98. The highest BCUT2D eigenvalue weighted by Crippen LogP contribution is 2.19. The van der Waals surface area contributed by atoms with Gasteiger partial charge in [-0.3, -0.25) is 9.59 Å². The first-order valence-corrected chi connectivity index (χ1v) is 9.04. The Bertz CT molecular complexity index is 959. The van der Waals surface area contributed by atoms with E-state index in [0.717, 1.165) is 15.6 Å². The molecule has 2 amide bonds. The van der Waals surface area contributed by atoms with Crippen LogP contribution >= 0.6 is 15.9 Å². The number of rotatable bonds is 5. The molecule has 0 radical (unpaired) electrons. The number of carbonyl (C=O) groups excluding carboxylic acids is 2. The van der Waals surface area contributed by atoms with Crippen LogP contribution in [0, 0.1) is 6.92 Å². The molecular weight excluding hydrogens is 408 g/mol. The highest BCUT2D eigenvalue weighted by molar-refractivity contribution is 9.10. The number of nitrogens with zero attached hydrogens (tertiary/aromatic N) is 2. The number of halogens is 1. The van der Waals surface area contributed by atoms with E-state index in [0.29, 0.717) is 17.1 Å². The topological polar surface area (TPSA) is 84.0 Å². The number of benzene rings is 2. The van der Waals surface area contributed by atoms with E-state index in [2.05, 4.69) is 36.5 Å². The molecule has 0 aliphatic rings. The van der Waals surface area contributed by atoms with E-state index in [1.165, 1.54) is 12.4 Å². The Morgan fingerprint density at radius 2 is 1.74 bits per heavy atom. The first kappa shape index (κ1) is 18.7. The zero-order chi connectivity index (χ0) is 19.2. The average Bonchev–Trinajstić information content (AvgIpc) is 2.70. The largest absolute Gasteiger partial charge is 0.343 e. The summed E-state index contributed by atoms with van der Waals surface area (Å²) in [6.45, 7) is 1.79. The number of aryl methyl sites for hydroxylation is 1. The first-order valence-electron chi connectivity index (χ1n) is 8.24. The average molecular weight is 425 g/mol. The molecule has 27 heavy (non-hydrogen) atoms. The molecule has 1 heterocycles. The zero-order valence-corrected chi connectivity index (χ0v) is 16.2. The van der Waals surface area contributed by atoms with Crippen LogP contribution in [0.4, 0.5) is 5.69 Å². The normalized spacial score (nSPS) is 10.3. The molecule has 0 aliphatic carbocycles. The van der Waals surface area contributed by atoms with Crippen LogP contribution in [0.25, 0.3) is 11.4 Å². The number of hydrogen-bond acceptors (Lipinski definition) is 4. The molecule has 3 rings (SSSR count). The fourth-order valence-corrected chi connectivity index (χ4v) is 2.62. The summed E-state index contributed by atoms with van der Waals surface area (Å²) in [5.74, 6) is -0.181. The lowest BCUT2D eigenvalue weighted by atomic mass is 10.2. The van der Waals surface area contributed by atoms with Crippen molar-refractivity contribution in [3.63, 3.8) is 0 Å². The minimum Gasteiger partial charge on any atom is -0.343 e. The van der Waals surface area contributed by atoms with Crippen LogP contribution in [0.15, 0.2) is 65.4 Å². The van der Waals surface area contributed by atoms with Crippen molar-refractivity contribution in [3.05, 3.63) is 76.5 Å². The van der Waals surface area contributed by atoms with Crippen LogP contribution in [0.3, 0.4) is 0 Å². The second-order valence-corrected chi connectivity index (χ2v) is 6.71. The Hall–Kier alpha value is -3.06. The number of carbonyl (C=O) groups is 2. The van der Waals surface area contributed by atoms with Crippen molar-refractivity contribution in [2.24, 2.45) is 0 Å². The maximum atomic E-state index is 12.2. The van der Waals surface area contributed by atoms with Gasteiger partial charge in [0.15, 0.2) is 5.82 Å². The minimum atomic E-state index is -0.406. The standard InChI is InChI=1S/C20H17BrN4O2/c1-13-9-16(7-8-17(13)21)25-18(26)12-24-20(27)15-10-22-19(23-11-15)14-5-3-2-4-6-14/h2-11H,12H2,1H3,(H,24,27)(H,25,26). The highest BCUT2D eigenvalue weighted by Gasteiger charge is 2.10. The maximum Gasteiger partial charge on any atom is 0.254 e. The third-order valence-corrected chi connectivity index (χ3v) is 4.69. The fraction of sp³-hybridized carbons (Fsp3) is 0.100. The molecule has 3 aromatic rings. The van der Waals surface area contributed by atoms with E-state index in [9.17, 15) is 9.59 Å². The van der Waals surface area contributed by atoms with Crippen molar-refractivity contribution in [2.75, 3.05) is 11.9 Å². The Labute approximate surface area is 165 Å². The van der Waals surface area contributed by atoms with Gasteiger partial charge in [0.05, 0.1) is 12.1 Å². The van der Waals surface area contributed by atoms with Gasteiger partial charge in [-0.15, -0.1) is 0 Å². The summed E-state index contributed by atoms with van der Waals surface area (Å²) in [7, 11) is 0. The van der Waals surface area contributed by atoms with Crippen LogP contribution < -0.4 is 10.6 Å². The van der Waals surface area contributed by atoms with E-state index in [1.54, 1.807) is 6.07 Å². The molecule has 0 spiro atoms. The summed E-state index contributed by atoms with van der Waals surface area (Å²) in [5, 5.41) is 5.31. The van der Waals surface area contributed by atoms with Gasteiger partial charge in [0, 0.05) is 28.1 Å². The monoisotopic (exact) mass is 424 g/mol. The molecule has 1 aromatic heterocycles. The molecule has 0 bridgehead atoms. The second-order valence-electron chi connectivity index (χ2n) is 5.86. The van der Waals surface area contributed by atoms with Crippen LogP contribution in [0.5, 0.6) is 0 Å². The van der Waals surface area contributed by atoms with Crippen LogP contribution in [0.1, 0.15) is 15.9 Å². The van der Waals surface area contributed by atoms with Crippen molar-refractivity contribution in [1.29, 1.82) is 0 Å². The zero-order valence-electron chi connectivity index (χ0n) is 14.6. The van der Waals surface area contributed by atoms with Crippen LogP contribution in [-0.4, -0.2) is 28.3 Å². The van der Waals surface area contributed by atoms with Gasteiger partial charge >= 0.3 is 0 Å². The minimum absolute atomic E-state index is 0.144. The Kier molecular flexibility index (Phi) is 5.93. The van der Waals surface area contributed by atoms with E-state index in [-0.39, 0.29) is 12.5 Å². The SMILES string of the molecule is Cc1cc(NC(=O)CNC(=O)c2cnc(-c3ccccc3)nc2)ccc1Br. The Morgan fingerprint density at radius 1 is 1.04 bits per heavy atom. The van der Waals surface area contributed by atoms with Gasteiger partial charge in [0.1, 0.15) is 0 Å². The number of hydrogen-bond donors (Lipinski definition) is 2. The molecule has 136 valence electrons. The predicted molar refractivity (Wildman–Crippen MR) is 107 cm³/mol. The quantitative estimate of drug-likeness (QED) is 0.655. The fourth-order valence-electron chi connectivity index (χ4n) is 2.37. The number of anilines is 1. The molecule has 0 fully saturated rings. The molecule has 6 nitrogen and oxygen atoms in total. The molecule has 2 aromatic carbocycles. The van der Waals surface area contributed by atoms with Gasteiger partial charge in [-0.25, -0.2) is 9.97 Å². The summed E-state index contributed by atoms with van der Waals surface area (Å²) in [6, 6.07) is 15.0. The highest BCUT2D eigenvalue weighted by atomic mass is 79.9. The van der Waals surface area contributed by atoms with Crippen LogP contribution in [0.2, 0.25) is 0 Å². The molecule has 0 saturated heterocycles. The van der Waals surface area contributed by atoms with Crippen LogP contribution in [-0.2, 0) is 4.79 Å². The van der Waals surface area contributed by atoms with Gasteiger partial charge < -0.3 is 10.6 Å². The predicted octanol–water partition coefficient (Wildman–Crippen LogP) is 3.58. The Morgan fingerprint density at radius 3 is 2.41 bits per heavy atom.